The molecule has 140 valence electrons. The zero-order chi connectivity index (χ0) is 19.2. The Morgan fingerprint density at radius 3 is 2.59 bits per heavy atom. The number of aliphatic hydroxyl groups excluding tert-OH is 1. The molecule has 0 amide bonds. The molecule has 0 aliphatic carbocycles. The van der Waals surface area contributed by atoms with E-state index in [9.17, 15) is 5.11 Å². The van der Waals surface area contributed by atoms with Crippen molar-refractivity contribution in [2.24, 2.45) is 0 Å². The van der Waals surface area contributed by atoms with E-state index in [1.807, 2.05) is 80.8 Å². The maximum Gasteiger partial charge on any atom is 0.130 e. The lowest BCUT2D eigenvalue weighted by atomic mass is 10.1. The first kappa shape index (κ1) is 19.4. The molecule has 1 unspecified atom stereocenters. The molecule has 0 aliphatic rings. The molecule has 5 heteroatoms. The smallest absolute Gasteiger partial charge is 0.130 e. The highest BCUT2D eigenvalue weighted by Crippen LogP contribution is 2.25. The van der Waals surface area contributed by atoms with Gasteiger partial charge in [-0.3, -0.25) is 4.90 Å². The zero-order valence-corrected chi connectivity index (χ0v) is 16.3. The maximum atomic E-state index is 10.3. The molecular formula is C22H24ClN3O. The summed E-state index contributed by atoms with van der Waals surface area (Å²) in [4.78, 5) is 6.56. The molecule has 4 nitrogen and oxygen atoms in total. The summed E-state index contributed by atoms with van der Waals surface area (Å²) in [6.07, 6.45) is 1.34. The Kier molecular flexibility index (Phi) is 6.45. The third-order valence-electron chi connectivity index (χ3n) is 4.33. The highest BCUT2D eigenvalue weighted by molar-refractivity contribution is 6.33. The molecule has 0 saturated carbocycles. The monoisotopic (exact) mass is 381 g/mol. The van der Waals surface area contributed by atoms with Crippen molar-refractivity contribution in [2.75, 3.05) is 18.9 Å². The molecule has 0 spiro atoms. The van der Waals surface area contributed by atoms with Crippen LogP contribution in [0, 0.1) is 6.92 Å². The van der Waals surface area contributed by atoms with Crippen LogP contribution < -0.4 is 5.32 Å². The fraction of sp³-hybridized carbons (Fsp3) is 0.227. The standard InChI is InChI=1S/C22H24ClN3O/c1-16-8-10-19(23)20(12-16)25-22-11-9-17(13-24-22)14-26(2)15-21(27)18-6-4-3-5-7-18/h3-13,21,27H,14-15H2,1-2H3,(H,24,25). The topological polar surface area (TPSA) is 48.4 Å². The summed E-state index contributed by atoms with van der Waals surface area (Å²) >= 11 is 6.22. The van der Waals surface area contributed by atoms with Crippen LogP contribution >= 0.6 is 11.6 Å². The van der Waals surface area contributed by atoms with Gasteiger partial charge in [0.1, 0.15) is 5.82 Å². The van der Waals surface area contributed by atoms with Crippen molar-refractivity contribution >= 4 is 23.1 Å². The number of hydrogen-bond acceptors (Lipinski definition) is 4. The second-order valence-electron chi connectivity index (χ2n) is 6.78. The number of benzene rings is 2. The lowest BCUT2D eigenvalue weighted by molar-refractivity contribution is 0.124. The molecule has 0 aliphatic heterocycles. The number of nitrogens with zero attached hydrogens (tertiary/aromatic N) is 2. The van der Waals surface area contributed by atoms with Crippen LogP contribution in [0.5, 0.6) is 0 Å². The number of pyridine rings is 1. The number of likely N-dealkylation sites (N-methyl/N-ethyl adjacent to an activating group) is 1. The van der Waals surface area contributed by atoms with E-state index in [0.717, 1.165) is 28.2 Å². The molecule has 0 saturated heterocycles. The number of nitrogens with one attached hydrogen (secondary N) is 1. The van der Waals surface area contributed by atoms with Crippen LogP contribution in [0.1, 0.15) is 22.8 Å². The van der Waals surface area contributed by atoms with E-state index in [0.29, 0.717) is 18.1 Å². The van der Waals surface area contributed by atoms with Crippen LogP contribution in [0.15, 0.2) is 66.9 Å². The van der Waals surface area contributed by atoms with Crippen LogP contribution in [-0.2, 0) is 6.54 Å². The van der Waals surface area contributed by atoms with E-state index >= 15 is 0 Å². The summed E-state index contributed by atoms with van der Waals surface area (Å²) in [6, 6.07) is 19.5. The Labute approximate surface area is 165 Å². The van der Waals surface area contributed by atoms with E-state index in [4.69, 9.17) is 11.6 Å². The Balaban J connectivity index is 1.58. The molecule has 1 atom stereocenters. The van der Waals surface area contributed by atoms with Crippen molar-refractivity contribution in [3.8, 4) is 0 Å². The second kappa shape index (κ2) is 9.00. The van der Waals surface area contributed by atoms with Crippen molar-refractivity contribution in [1.82, 2.24) is 9.88 Å². The van der Waals surface area contributed by atoms with Gasteiger partial charge in [-0.15, -0.1) is 0 Å². The molecule has 0 radical (unpaired) electrons. The van der Waals surface area contributed by atoms with Gasteiger partial charge in [0.15, 0.2) is 0 Å². The first-order valence-electron chi connectivity index (χ1n) is 8.91. The first-order chi connectivity index (χ1) is 13.0. The minimum absolute atomic E-state index is 0.506. The van der Waals surface area contributed by atoms with Gasteiger partial charge >= 0.3 is 0 Å². The van der Waals surface area contributed by atoms with Crippen LogP contribution in [-0.4, -0.2) is 28.6 Å². The third kappa shape index (κ3) is 5.54. The minimum Gasteiger partial charge on any atom is -0.387 e. The largest absolute Gasteiger partial charge is 0.387 e. The number of aryl methyl sites for hydroxylation is 1. The number of hydrogen-bond donors (Lipinski definition) is 2. The molecule has 1 aromatic heterocycles. The first-order valence-corrected chi connectivity index (χ1v) is 9.29. The summed E-state index contributed by atoms with van der Waals surface area (Å²) in [5, 5.41) is 14.3. The molecule has 2 aromatic carbocycles. The van der Waals surface area contributed by atoms with Crippen LogP contribution in [0.4, 0.5) is 11.5 Å². The summed E-state index contributed by atoms with van der Waals surface area (Å²) < 4.78 is 0. The van der Waals surface area contributed by atoms with Crippen LogP contribution in [0.2, 0.25) is 5.02 Å². The summed E-state index contributed by atoms with van der Waals surface area (Å²) in [5.74, 6) is 0.748. The van der Waals surface area contributed by atoms with Gasteiger partial charge in [0.05, 0.1) is 16.8 Å². The minimum atomic E-state index is -0.506. The summed E-state index contributed by atoms with van der Waals surface area (Å²) in [7, 11) is 1.99. The number of rotatable bonds is 7. The van der Waals surface area contributed by atoms with E-state index in [2.05, 4.69) is 15.2 Å². The number of aliphatic hydroxyl groups is 1. The van der Waals surface area contributed by atoms with E-state index in [1.165, 1.54) is 0 Å². The van der Waals surface area contributed by atoms with Gasteiger partial charge in [-0.25, -0.2) is 4.98 Å². The average molecular weight is 382 g/mol. The van der Waals surface area contributed by atoms with E-state index < -0.39 is 6.10 Å². The molecule has 0 bridgehead atoms. The van der Waals surface area contributed by atoms with Crippen molar-refractivity contribution in [2.45, 2.75) is 19.6 Å². The second-order valence-corrected chi connectivity index (χ2v) is 7.19. The lowest BCUT2D eigenvalue weighted by Crippen LogP contribution is -2.24. The molecule has 1 heterocycles. The maximum absolute atomic E-state index is 10.3. The van der Waals surface area contributed by atoms with Gasteiger partial charge in [0.2, 0.25) is 0 Å². The number of halogens is 1. The Morgan fingerprint density at radius 2 is 1.89 bits per heavy atom. The van der Waals surface area contributed by atoms with Crippen molar-refractivity contribution in [3.63, 3.8) is 0 Å². The summed E-state index contributed by atoms with van der Waals surface area (Å²) in [6.45, 7) is 3.29. The van der Waals surface area contributed by atoms with Crippen molar-refractivity contribution in [3.05, 3.63) is 88.6 Å². The summed E-state index contributed by atoms with van der Waals surface area (Å²) in [5.41, 5.74) is 3.99. The highest BCUT2D eigenvalue weighted by atomic mass is 35.5. The molecule has 2 N–H and O–H groups in total. The average Bonchev–Trinajstić information content (AvgIpc) is 2.67. The molecule has 27 heavy (non-hydrogen) atoms. The predicted molar refractivity (Wildman–Crippen MR) is 111 cm³/mol. The van der Waals surface area contributed by atoms with Gasteiger partial charge in [-0.1, -0.05) is 54.1 Å². The van der Waals surface area contributed by atoms with Gasteiger partial charge < -0.3 is 10.4 Å². The number of aromatic nitrogens is 1. The third-order valence-corrected chi connectivity index (χ3v) is 4.66. The Morgan fingerprint density at radius 1 is 1.11 bits per heavy atom. The van der Waals surface area contributed by atoms with Crippen molar-refractivity contribution < 1.29 is 5.11 Å². The fourth-order valence-corrected chi connectivity index (χ4v) is 3.08. The van der Waals surface area contributed by atoms with E-state index in [1.54, 1.807) is 0 Å². The highest BCUT2D eigenvalue weighted by Gasteiger charge is 2.11. The Hall–Kier alpha value is -2.40. The van der Waals surface area contributed by atoms with Gasteiger partial charge in [-0.05, 0) is 48.9 Å². The number of anilines is 2. The normalized spacial score (nSPS) is 12.2. The lowest BCUT2D eigenvalue weighted by Gasteiger charge is -2.21. The van der Waals surface area contributed by atoms with Crippen LogP contribution in [0.3, 0.4) is 0 Å². The zero-order valence-electron chi connectivity index (χ0n) is 15.6. The van der Waals surface area contributed by atoms with Crippen molar-refractivity contribution in [1.29, 1.82) is 0 Å². The molecule has 3 aromatic rings. The van der Waals surface area contributed by atoms with Crippen LogP contribution in [0.25, 0.3) is 0 Å². The van der Waals surface area contributed by atoms with E-state index in [-0.39, 0.29) is 0 Å². The van der Waals surface area contributed by atoms with Gasteiger partial charge in [0, 0.05) is 19.3 Å². The molecular weight excluding hydrogens is 358 g/mol. The Bertz CT molecular complexity index is 868. The predicted octanol–water partition coefficient (Wildman–Crippen LogP) is 4.95. The fourth-order valence-electron chi connectivity index (χ4n) is 2.92. The molecule has 3 rings (SSSR count). The SMILES string of the molecule is Cc1ccc(Cl)c(Nc2ccc(CN(C)CC(O)c3ccccc3)cn2)c1. The van der Waals surface area contributed by atoms with Gasteiger partial charge in [-0.2, -0.15) is 0 Å². The quantitative estimate of drug-likeness (QED) is 0.607. The van der Waals surface area contributed by atoms with Gasteiger partial charge in [0.25, 0.3) is 0 Å². The molecule has 0 fully saturated rings.